The number of nitrogens with one attached hydrogen (secondary N) is 2. The minimum atomic E-state index is -0.279. The molecule has 0 radical (unpaired) electrons. The van der Waals surface area contributed by atoms with Gasteiger partial charge in [0.15, 0.2) is 5.58 Å². The molecule has 2 unspecified atom stereocenters. The monoisotopic (exact) mass is 734 g/mol. The molecule has 12 rings (SSSR count). The summed E-state index contributed by atoms with van der Waals surface area (Å²) in [6.45, 7) is 0. The number of furan rings is 2. The molecule has 6 nitrogen and oxygen atoms in total. The summed E-state index contributed by atoms with van der Waals surface area (Å²) in [5.41, 5.74) is 12.1. The van der Waals surface area contributed by atoms with Crippen molar-refractivity contribution >= 4 is 71.5 Å². The van der Waals surface area contributed by atoms with Gasteiger partial charge >= 0.3 is 0 Å². The molecule has 2 N–H and O–H groups in total. The molecule has 2 atom stereocenters. The van der Waals surface area contributed by atoms with E-state index in [4.69, 9.17) is 13.8 Å². The Morgan fingerprint density at radius 1 is 0.474 bits per heavy atom. The van der Waals surface area contributed by atoms with Gasteiger partial charge in [-0.3, -0.25) is 5.32 Å². The zero-order valence-electron chi connectivity index (χ0n) is 30.7. The van der Waals surface area contributed by atoms with E-state index in [9.17, 15) is 0 Å². The van der Waals surface area contributed by atoms with Gasteiger partial charge in [-0.2, -0.15) is 0 Å². The Morgan fingerprint density at radius 2 is 1.14 bits per heavy atom. The van der Waals surface area contributed by atoms with Gasteiger partial charge in [0.25, 0.3) is 0 Å². The first-order valence-corrected chi connectivity index (χ1v) is 19.4. The van der Waals surface area contributed by atoms with Gasteiger partial charge in [0.05, 0.1) is 16.7 Å². The van der Waals surface area contributed by atoms with Crippen molar-refractivity contribution < 1.29 is 8.83 Å². The van der Waals surface area contributed by atoms with Crippen LogP contribution in [0.5, 0.6) is 0 Å². The number of nitrogens with zero attached hydrogens (tertiary/aromatic N) is 2. The standard InChI is InChI=1S/C51H34N4O2/c1-3-13-31(14-4-1)49-52-50(32-15-5-2-6-16-32)54-51(53-49)34-26-28-39-38-27-25-33(29-45(38)56-46(39)30-34)35-19-12-24-44-47(35)40-20-11-23-43(48(40)57-44)55-41-21-9-7-17-36(41)37-18-8-10-22-42(37)55/h1-30,49,51,53H,(H,52,54). The van der Waals surface area contributed by atoms with E-state index in [1.807, 2.05) is 24.3 Å². The number of benzene rings is 8. The van der Waals surface area contributed by atoms with Crippen molar-refractivity contribution in [1.29, 1.82) is 0 Å². The molecule has 0 fully saturated rings. The quantitative estimate of drug-likeness (QED) is 0.185. The van der Waals surface area contributed by atoms with Gasteiger partial charge in [0.1, 0.15) is 34.9 Å². The molecule has 270 valence electrons. The predicted octanol–water partition coefficient (Wildman–Crippen LogP) is 12.6. The van der Waals surface area contributed by atoms with Crippen LogP contribution in [0.1, 0.15) is 29.0 Å². The molecule has 1 aliphatic heterocycles. The van der Waals surface area contributed by atoms with E-state index in [1.54, 1.807) is 0 Å². The molecule has 0 amide bonds. The van der Waals surface area contributed by atoms with E-state index >= 15 is 0 Å². The first-order valence-electron chi connectivity index (χ1n) is 19.4. The molecule has 0 spiro atoms. The van der Waals surface area contributed by atoms with Crippen LogP contribution in [0.4, 0.5) is 0 Å². The largest absolute Gasteiger partial charge is 0.456 e. The van der Waals surface area contributed by atoms with Gasteiger partial charge in [-0.1, -0.05) is 140 Å². The maximum Gasteiger partial charge on any atom is 0.159 e. The minimum Gasteiger partial charge on any atom is -0.456 e. The van der Waals surface area contributed by atoms with E-state index in [-0.39, 0.29) is 12.3 Å². The second kappa shape index (κ2) is 12.6. The summed E-state index contributed by atoms with van der Waals surface area (Å²) in [4.78, 5) is 5.16. The van der Waals surface area contributed by atoms with Crippen LogP contribution >= 0.6 is 0 Å². The average Bonchev–Trinajstić information content (AvgIpc) is 3.96. The van der Waals surface area contributed by atoms with Crippen molar-refractivity contribution in [2.24, 2.45) is 4.99 Å². The molecule has 3 aromatic heterocycles. The third-order valence-electron chi connectivity index (χ3n) is 11.5. The maximum absolute atomic E-state index is 6.78. The second-order valence-electron chi connectivity index (χ2n) is 14.8. The van der Waals surface area contributed by atoms with Crippen LogP contribution < -0.4 is 10.6 Å². The number of rotatable bonds is 5. The first-order chi connectivity index (χ1) is 28.2. The summed E-state index contributed by atoms with van der Waals surface area (Å²) < 4.78 is 15.8. The van der Waals surface area contributed by atoms with Gasteiger partial charge in [0.2, 0.25) is 0 Å². The van der Waals surface area contributed by atoms with E-state index in [2.05, 4.69) is 173 Å². The Balaban J connectivity index is 0.960. The third-order valence-corrected chi connectivity index (χ3v) is 11.5. The Morgan fingerprint density at radius 3 is 1.93 bits per heavy atom. The van der Waals surface area contributed by atoms with E-state index < -0.39 is 0 Å². The zero-order chi connectivity index (χ0) is 37.5. The molecule has 57 heavy (non-hydrogen) atoms. The molecule has 1 aliphatic rings. The van der Waals surface area contributed by atoms with Crippen LogP contribution in [0, 0.1) is 0 Å². The van der Waals surface area contributed by atoms with Gasteiger partial charge in [0, 0.05) is 37.9 Å². The predicted molar refractivity (Wildman–Crippen MR) is 232 cm³/mol. The molecule has 0 aliphatic carbocycles. The van der Waals surface area contributed by atoms with Gasteiger partial charge < -0.3 is 18.7 Å². The Hall–Kier alpha value is -7.41. The Labute approximate surface area is 327 Å². The van der Waals surface area contributed by atoms with Gasteiger partial charge in [-0.15, -0.1) is 0 Å². The highest BCUT2D eigenvalue weighted by molar-refractivity contribution is 6.17. The molecular weight excluding hydrogens is 701 g/mol. The summed E-state index contributed by atoms with van der Waals surface area (Å²) in [6.07, 6.45) is -0.392. The molecule has 0 saturated heterocycles. The highest BCUT2D eigenvalue weighted by atomic mass is 16.3. The fraction of sp³-hybridized carbons (Fsp3) is 0.0392. The number of amidine groups is 1. The first kappa shape index (κ1) is 31.9. The molecule has 11 aromatic rings. The van der Waals surface area contributed by atoms with Crippen LogP contribution in [0.15, 0.2) is 196 Å². The zero-order valence-corrected chi connectivity index (χ0v) is 30.7. The molecule has 0 saturated carbocycles. The Bertz CT molecular complexity index is 3320. The Kier molecular flexibility index (Phi) is 7.03. The van der Waals surface area contributed by atoms with Crippen molar-refractivity contribution in [3.8, 4) is 16.8 Å². The maximum atomic E-state index is 6.78. The summed E-state index contributed by atoms with van der Waals surface area (Å²) in [5.74, 6) is 0.852. The number of aliphatic imine (C=N–C) groups is 1. The van der Waals surface area contributed by atoms with Crippen molar-refractivity contribution in [3.05, 3.63) is 199 Å². The minimum absolute atomic E-state index is 0.113. The molecule has 6 heteroatoms. The van der Waals surface area contributed by atoms with Gasteiger partial charge in [-0.25, -0.2) is 4.99 Å². The highest BCUT2D eigenvalue weighted by Gasteiger charge is 2.26. The van der Waals surface area contributed by atoms with Crippen LogP contribution in [-0.2, 0) is 0 Å². The summed E-state index contributed by atoms with van der Waals surface area (Å²) in [6, 6.07) is 63.7. The fourth-order valence-electron chi connectivity index (χ4n) is 8.85. The van der Waals surface area contributed by atoms with Crippen molar-refractivity contribution in [2.45, 2.75) is 12.3 Å². The lowest BCUT2D eigenvalue weighted by Crippen LogP contribution is -2.44. The number of fused-ring (bicyclic) bond motifs is 9. The SMILES string of the molecule is c1ccc(C2=NC(c3ccc4c(c3)oc3cc(-c5cccc6oc7c(-n8c9ccccc9c9ccccc98)cccc7c56)ccc34)NC(c3ccccc3)N2)cc1. The molecular formula is C51H34N4O2. The molecule has 4 heterocycles. The summed E-state index contributed by atoms with van der Waals surface area (Å²) >= 11 is 0. The average molecular weight is 735 g/mol. The molecule has 0 bridgehead atoms. The summed E-state index contributed by atoms with van der Waals surface area (Å²) in [5, 5.41) is 14.1. The number of aromatic nitrogens is 1. The van der Waals surface area contributed by atoms with Crippen LogP contribution in [0.3, 0.4) is 0 Å². The van der Waals surface area contributed by atoms with Crippen LogP contribution in [0.25, 0.3) is 82.5 Å². The van der Waals surface area contributed by atoms with Crippen molar-refractivity contribution in [2.75, 3.05) is 0 Å². The normalized spacial score (nSPS) is 15.9. The highest BCUT2D eigenvalue weighted by Crippen LogP contribution is 2.42. The summed E-state index contributed by atoms with van der Waals surface area (Å²) in [7, 11) is 0. The van der Waals surface area contributed by atoms with E-state index in [1.165, 1.54) is 10.8 Å². The smallest absolute Gasteiger partial charge is 0.159 e. The van der Waals surface area contributed by atoms with E-state index in [0.717, 1.165) is 94.3 Å². The second-order valence-corrected chi connectivity index (χ2v) is 14.8. The molecule has 8 aromatic carbocycles. The topological polar surface area (TPSA) is 67.6 Å². The number of hydrogen-bond acceptors (Lipinski definition) is 5. The van der Waals surface area contributed by atoms with Crippen molar-refractivity contribution in [3.63, 3.8) is 0 Å². The number of para-hydroxylation sites is 3. The number of hydrogen-bond donors (Lipinski definition) is 2. The van der Waals surface area contributed by atoms with Crippen LogP contribution in [-0.4, -0.2) is 10.4 Å². The lowest BCUT2D eigenvalue weighted by atomic mass is 9.98. The van der Waals surface area contributed by atoms with Crippen molar-refractivity contribution in [1.82, 2.24) is 15.2 Å². The van der Waals surface area contributed by atoms with Gasteiger partial charge in [-0.05, 0) is 64.7 Å². The fourth-order valence-corrected chi connectivity index (χ4v) is 8.85. The van der Waals surface area contributed by atoms with Crippen LogP contribution in [0.2, 0.25) is 0 Å². The lowest BCUT2D eigenvalue weighted by Gasteiger charge is -2.32. The third kappa shape index (κ3) is 5.04. The lowest BCUT2D eigenvalue weighted by molar-refractivity contribution is 0.409. The van der Waals surface area contributed by atoms with E-state index in [0.29, 0.717) is 0 Å².